The van der Waals surface area contributed by atoms with Gasteiger partial charge in [-0.1, -0.05) is 11.8 Å². The Balaban J connectivity index is 1.55. The van der Waals surface area contributed by atoms with E-state index in [0.717, 1.165) is 21.5 Å². The molecule has 30 heavy (non-hydrogen) atoms. The van der Waals surface area contributed by atoms with Crippen LogP contribution in [0.2, 0.25) is 0 Å². The van der Waals surface area contributed by atoms with E-state index in [4.69, 9.17) is 0 Å². The Kier molecular flexibility index (Phi) is 5.88. The number of anilines is 1. The fraction of sp³-hybridized carbons (Fsp3) is 0.143. The normalized spacial score (nSPS) is 10.6. The Hall–Kier alpha value is -3.48. The summed E-state index contributed by atoms with van der Waals surface area (Å²) in [7, 11) is 0. The molecule has 0 bridgehead atoms. The first kappa shape index (κ1) is 19.8. The molecule has 0 radical (unpaired) electrons. The van der Waals surface area contributed by atoms with Crippen molar-refractivity contribution in [2.45, 2.75) is 18.2 Å². The van der Waals surface area contributed by atoms with E-state index in [9.17, 15) is 9.50 Å². The smallest absolute Gasteiger partial charge is 0.181 e. The third-order valence-corrected chi connectivity index (χ3v) is 5.06. The molecule has 0 aliphatic rings. The number of fused-ring (bicyclic) bond motifs is 1. The van der Waals surface area contributed by atoms with Crippen LogP contribution < -0.4 is 4.72 Å². The fourth-order valence-electron chi connectivity index (χ4n) is 2.71. The molecular weight excluding hydrogens is 403 g/mol. The first-order valence-electron chi connectivity index (χ1n) is 9.09. The van der Waals surface area contributed by atoms with Crippen LogP contribution in [-0.4, -0.2) is 36.9 Å². The molecule has 4 heterocycles. The maximum Gasteiger partial charge on any atom is 0.181 e. The number of rotatable bonds is 5. The number of nitrogens with one attached hydrogen (secondary N) is 2. The molecule has 4 aromatic rings. The van der Waals surface area contributed by atoms with Crippen LogP contribution >= 0.6 is 11.9 Å². The zero-order chi connectivity index (χ0) is 20.9. The van der Waals surface area contributed by atoms with E-state index in [2.05, 4.69) is 41.7 Å². The van der Waals surface area contributed by atoms with Gasteiger partial charge in [0.05, 0.1) is 22.3 Å². The average molecular weight is 420 g/mol. The van der Waals surface area contributed by atoms with Gasteiger partial charge in [0.15, 0.2) is 17.3 Å². The zero-order valence-corrected chi connectivity index (χ0v) is 16.8. The second kappa shape index (κ2) is 8.90. The molecule has 0 aliphatic heterocycles. The summed E-state index contributed by atoms with van der Waals surface area (Å²) in [5, 5.41) is 16.7. The Labute approximate surface area is 176 Å². The van der Waals surface area contributed by atoms with E-state index in [1.165, 1.54) is 24.2 Å². The van der Waals surface area contributed by atoms with Crippen molar-refractivity contribution in [2.75, 3.05) is 11.3 Å². The van der Waals surface area contributed by atoms with Gasteiger partial charge < -0.3 is 9.83 Å². The molecule has 0 saturated carbocycles. The molecule has 0 saturated heterocycles. The Bertz CT molecular complexity index is 1260. The second-order valence-corrected chi connectivity index (χ2v) is 7.29. The van der Waals surface area contributed by atoms with Crippen molar-refractivity contribution in [3.8, 4) is 11.8 Å². The minimum absolute atomic E-state index is 0.0131. The number of aryl methyl sites for hydroxylation is 1. The zero-order valence-electron chi connectivity index (χ0n) is 16.0. The van der Waals surface area contributed by atoms with Gasteiger partial charge in [-0.3, -0.25) is 10.1 Å². The van der Waals surface area contributed by atoms with Crippen LogP contribution in [0.15, 0.2) is 47.9 Å². The van der Waals surface area contributed by atoms with Crippen molar-refractivity contribution in [3.63, 3.8) is 0 Å². The van der Waals surface area contributed by atoms with Crippen LogP contribution in [0.5, 0.6) is 0 Å². The van der Waals surface area contributed by atoms with Gasteiger partial charge in [-0.25, -0.2) is 14.4 Å². The number of aromatic amines is 1. The first-order valence-corrected chi connectivity index (χ1v) is 9.90. The summed E-state index contributed by atoms with van der Waals surface area (Å²) >= 11 is 1.20. The molecule has 0 aliphatic carbocycles. The lowest BCUT2D eigenvalue weighted by molar-refractivity contribution is 0.297. The number of halogens is 1. The lowest BCUT2D eigenvalue weighted by Crippen LogP contribution is -2.01. The molecule has 0 fully saturated rings. The van der Waals surface area contributed by atoms with E-state index in [1.54, 1.807) is 18.6 Å². The number of aliphatic hydroxyl groups is 1. The number of pyridine rings is 3. The van der Waals surface area contributed by atoms with Gasteiger partial charge in [0.1, 0.15) is 0 Å². The Morgan fingerprint density at radius 3 is 2.93 bits per heavy atom. The van der Waals surface area contributed by atoms with E-state index >= 15 is 0 Å². The van der Waals surface area contributed by atoms with Crippen LogP contribution in [0.4, 0.5) is 10.2 Å². The monoisotopic (exact) mass is 420 g/mol. The van der Waals surface area contributed by atoms with Crippen LogP contribution in [-0.2, 0) is 6.42 Å². The molecule has 0 aromatic carbocycles. The van der Waals surface area contributed by atoms with Crippen molar-refractivity contribution in [3.05, 3.63) is 71.2 Å². The van der Waals surface area contributed by atoms with Gasteiger partial charge in [0, 0.05) is 42.6 Å². The van der Waals surface area contributed by atoms with Crippen LogP contribution in [0.25, 0.3) is 11.0 Å². The number of nitrogens with zero attached hydrogens (tertiary/aromatic N) is 4. The van der Waals surface area contributed by atoms with Gasteiger partial charge in [-0.05, 0) is 42.6 Å². The van der Waals surface area contributed by atoms with Gasteiger partial charge in [0.2, 0.25) is 0 Å². The molecule has 0 atom stereocenters. The summed E-state index contributed by atoms with van der Waals surface area (Å²) in [6.07, 6.45) is 6.91. The molecular formula is C21H17FN6OS. The van der Waals surface area contributed by atoms with Gasteiger partial charge in [-0.2, -0.15) is 5.10 Å². The molecule has 0 unspecified atom stereocenters. The quantitative estimate of drug-likeness (QED) is 0.337. The topological polar surface area (TPSA) is 99.6 Å². The van der Waals surface area contributed by atoms with Gasteiger partial charge in [0.25, 0.3) is 0 Å². The summed E-state index contributed by atoms with van der Waals surface area (Å²) in [5.41, 5.74) is 3.25. The summed E-state index contributed by atoms with van der Waals surface area (Å²) in [4.78, 5) is 13.4. The van der Waals surface area contributed by atoms with Crippen LogP contribution in [0, 0.1) is 24.6 Å². The molecule has 0 spiro atoms. The van der Waals surface area contributed by atoms with Crippen molar-refractivity contribution >= 4 is 28.8 Å². The van der Waals surface area contributed by atoms with Crippen molar-refractivity contribution in [2.24, 2.45) is 0 Å². The maximum atomic E-state index is 14.9. The SMILES string of the molecule is Cc1cnc(CCO)c(SNc2nccc(C#Cc3cnc4[nH]ncc4c3)c2F)c1. The predicted molar refractivity (Wildman–Crippen MR) is 113 cm³/mol. The highest BCUT2D eigenvalue weighted by Gasteiger charge is 2.11. The summed E-state index contributed by atoms with van der Waals surface area (Å²) in [6, 6.07) is 5.28. The summed E-state index contributed by atoms with van der Waals surface area (Å²) in [6.45, 7) is 1.91. The minimum atomic E-state index is -0.542. The number of H-pyrrole nitrogens is 1. The molecule has 3 N–H and O–H groups in total. The highest BCUT2D eigenvalue weighted by Crippen LogP contribution is 2.26. The largest absolute Gasteiger partial charge is 0.396 e. The third kappa shape index (κ3) is 4.40. The molecule has 4 aromatic heterocycles. The second-order valence-electron chi connectivity index (χ2n) is 6.44. The molecule has 7 nitrogen and oxygen atoms in total. The molecule has 4 rings (SSSR count). The summed E-state index contributed by atoms with van der Waals surface area (Å²) < 4.78 is 17.8. The van der Waals surface area contributed by atoms with Gasteiger partial charge in [-0.15, -0.1) is 0 Å². The van der Waals surface area contributed by atoms with Crippen molar-refractivity contribution in [1.82, 2.24) is 25.1 Å². The average Bonchev–Trinajstić information content (AvgIpc) is 3.22. The third-order valence-electron chi connectivity index (χ3n) is 4.20. The number of hydrogen-bond donors (Lipinski definition) is 3. The standard InChI is InChI=1S/C21H17FN6OS/c1-13-8-18(17(5-7-29)24-10-13)30-28-21-19(22)15(4-6-23-21)3-2-14-9-16-12-26-27-20(16)25-11-14/h4,6,8-12,29H,5,7H2,1H3,(H,23,28)(H,25,26,27). The lowest BCUT2D eigenvalue weighted by atomic mass is 10.2. The van der Waals surface area contributed by atoms with E-state index in [0.29, 0.717) is 17.6 Å². The van der Waals surface area contributed by atoms with E-state index < -0.39 is 5.82 Å². The predicted octanol–water partition coefficient (Wildman–Crippen LogP) is 3.25. The molecule has 9 heteroatoms. The minimum Gasteiger partial charge on any atom is -0.396 e. The van der Waals surface area contributed by atoms with Crippen molar-refractivity contribution in [1.29, 1.82) is 0 Å². The molecule has 0 amide bonds. The summed E-state index contributed by atoms with van der Waals surface area (Å²) in [5.74, 6) is 5.29. The number of aromatic nitrogens is 5. The van der Waals surface area contributed by atoms with Crippen molar-refractivity contribution < 1.29 is 9.50 Å². The highest BCUT2D eigenvalue weighted by molar-refractivity contribution is 8.00. The van der Waals surface area contributed by atoms with Gasteiger partial charge >= 0.3 is 0 Å². The van der Waals surface area contributed by atoms with E-state index in [-0.39, 0.29) is 18.0 Å². The number of hydrogen-bond acceptors (Lipinski definition) is 7. The fourth-order valence-corrected chi connectivity index (χ4v) is 3.58. The highest BCUT2D eigenvalue weighted by atomic mass is 32.2. The van der Waals surface area contributed by atoms with Crippen LogP contribution in [0.3, 0.4) is 0 Å². The van der Waals surface area contributed by atoms with E-state index in [1.807, 2.05) is 19.1 Å². The number of aliphatic hydroxyl groups excluding tert-OH is 1. The first-order chi connectivity index (χ1) is 14.6. The molecule has 150 valence electrons. The lowest BCUT2D eigenvalue weighted by Gasteiger charge is -2.10. The Morgan fingerprint density at radius 2 is 2.07 bits per heavy atom. The van der Waals surface area contributed by atoms with Crippen LogP contribution in [0.1, 0.15) is 22.4 Å². The maximum absolute atomic E-state index is 14.9. The Morgan fingerprint density at radius 1 is 1.17 bits per heavy atom.